The monoisotopic (exact) mass is 286 g/mol. The normalized spacial score (nSPS) is 12.1. The van der Waals surface area contributed by atoms with E-state index >= 15 is 0 Å². The number of hydrogen-bond acceptors (Lipinski definition) is 3. The van der Waals surface area contributed by atoms with Crippen molar-refractivity contribution in [3.8, 4) is 5.75 Å². The Bertz CT molecular complexity index is 378. The largest absolute Gasteiger partial charge is 0.508 e. The van der Waals surface area contributed by atoms with Crippen LogP contribution < -0.4 is 10.6 Å². The van der Waals surface area contributed by atoms with Crippen LogP contribution in [0, 0.1) is 5.92 Å². The fraction of sp³-hybridized carbons (Fsp3) is 0.600. The third-order valence-corrected chi connectivity index (χ3v) is 3.27. The zero-order valence-corrected chi connectivity index (χ0v) is 13.2. The van der Waals surface area contributed by atoms with Crippen LogP contribution in [0.2, 0.25) is 0 Å². The molecule has 1 aromatic carbocycles. The number of rotatable bonds is 6. The number of aromatic hydroxyl groups is 1. The topological polar surface area (TPSA) is 49.5 Å². The van der Waals surface area contributed by atoms with Gasteiger partial charge >= 0.3 is 0 Å². The van der Waals surface area contributed by atoms with Crippen molar-refractivity contribution in [3.05, 3.63) is 23.8 Å². The second-order valence-electron chi connectivity index (χ2n) is 5.15. The van der Waals surface area contributed by atoms with E-state index in [1.165, 1.54) is 0 Å². The number of anilines is 1. The maximum Gasteiger partial charge on any atom is 0.122 e. The average molecular weight is 287 g/mol. The Kier molecular flexibility index (Phi) is 7.88. The van der Waals surface area contributed by atoms with Crippen molar-refractivity contribution in [1.29, 1.82) is 0 Å². The molecule has 110 valence electrons. The van der Waals surface area contributed by atoms with Gasteiger partial charge in [-0.25, -0.2) is 0 Å². The zero-order chi connectivity index (χ0) is 13.7. The number of phenols is 1. The molecule has 0 fully saturated rings. The molecule has 4 heteroatoms. The molecule has 0 radical (unpaired) electrons. The van der Waals surface area contributed by atoms with Crippen molar-refractivity contribution in [2.75, 3.05) is 18.0 Å². The van der Waals surface area contributed by atoms with Crippen LogP contribution in [0.15, 0.2) is 18.2 Å². The van der Waals surface area contributed by atoms with Gasteiger partial charge in [0.15, 0.2) is 0 Å². The summed E-state index contributed by atoms with van der Waals surface area (Å²) in [6.45, 7) is 10.4. The molecule has 0 heterocycles. The maximum atomic E-state index is 10.1. The lowest BCUT2D eigenvalue weighted by atomic mass is 9.97. The molecule has 1 atom stereocenters. The van der Waals surface area contributed by atoms with E-state index in [2.05, 4.69) is 32.6 Å². The molecule has 0 saturated carbocycles. The molecule has 1 aromatic rings. The lowest BCUT2D eigenvalue weighted by Gasteiger charge is -2.23. The van der Waals surface area contributed by atoms with Crippen molar-refractivity contribution in [3.63, 3.8) is 0 Å². The number of phenolic OH excluding ortho intramolecular Hbond substituents is 1. The fourth-order valence-electron chi connectivity index (χ4n) is 2.27. The standard InChI is InChI=1S/C15H26N2O.ClH/c1-5-17(6-2)12-7-8-13(15(18)10-12)14(16)9-11(3)4;/h7-8,10-11,14,18H,5-6,9,16H2,1-4H3;1H/t14-;/m1./s1. The van der Waals surface area contributed by atoms with Gasteiger partial charge in [0.2, 0.25) is 0 Å². The van der Waals surface area contributed by atoms with Gasteiger partial charge in [-0.2, -0.15) is 0 Å². The summed E-state index contributed by atoms with van der Waals surface area (Å²) in [5, 5.41) is 10.1. The molecule has 19 heavy (non-hydrogen) atoms. The summed E-state index contributed by atoms with van der Waals surface area (Å²) in [5.74, 6) is 0.842. The molecule has 0 spiro atoms. The lowest BCUT2D eigenvalue weighted by molar-refractivity contribution is 0.445. The van der Waals surface area contributed by atoms with Crippen LogP contribution in [0.5, 0.6) is 5.75 Å². The fourth-order valence-corrected chi connectivity index (χ4v) is 2.27. The smallest absolute Gasteiger partial charge is 0.122 e. The van der Waals surface area contributed by atoms with Crippen LogP contribution >= 0.6 is 12.4 Å². The van der Waals surface area contributed by atoms with Gasteiger partial charge in [-0.15, -0.1) is 12.4 Å². The molecule has 0 aliphatic rings. The second-order valence-corrected chi connectivity index (χ2v) is 5.15. The summed E-state index contributed by atoms with van der Waals surface area (Å²) < 4.78 is 0. The predicted molar refractivity (Wildman–Crippen MR) is 85.3 cm³/mol. The molecular weight excluding hydrogens is 260 g/mol. The summed E-state index contributed by atoms with van der Waals surface area (Å²) in [4.78, 5) is 2.21. The van der Waals surface area contributed by atoms with Gasteiger partial charge in [0.1, 0.15) is 5.75 Å². The van der Waals surface area contributed by atoms with E-state index in [0.717, 1.165) is 30.8 Å². The molecule has 0 aromatic heterocycles. The number of hydrogen-bond donors (Lipinski definition) is 2. The molecule has 0 amide bonds. The summed E-state index contributed by atoms with van der Waals surface area (Å²) in [6.07, 6.45) is 0.887. The highest BCUT2D eigenvalue weighted by Crippen LogP contribution is 2.30. The van der Waals surface area contributed by atoms with Gasteiger partial charge in [0.05, 0.1) is 0 Å². The van der Waals surface area contributed by atoms with Crippen molar-refractivity contribution in [2.24, 2.45) is 11.7 Å². The summed E-state index contributed by atoms with van der Waals surface area (Å²) in [5.41, 5.74) is 8.01. The molecule has 0 aliphatic heterocycles. The highest BCUT2D eigenvalue weighted by Gasteiger charge is 2.14. The van der Waals surface area contributed by atoms with Crippen molar-refractivity contribution in [1.82, 2.24) is 0 Å². The van der Waals surface area contributed by atoms with Crippen LogP contribution in [-0.2, 0) is 0 Å². The third-order valence-electron chi connectivity index (χ3n) is 3.27. The number of halogens is 1. The van der Waals surface area contributed by atoms with Crippen LogP contribution in [0.4, 0.5) is 5.69 Å². The minimum absolute atomic E-state index is 0. The van der Waals surface area contributed by atoms with E-state index in [1.807, 2.05) is 18.2 Å². The van der Waals surface area contributed by atoms with Gasteiger partial charge in [0.25, 0.3) is 0 Å². The first-order valence-electron chi connectivity index (χ1n) is 6.83. The Balaban J connectivity index is 0.00000324. The highest BCUT2D eigenvalue weighted by molar-refractivity contribution is 5.85. The van der Waals surface area contributed by atoms with Gasteiger partial charge in [-0.05, 0) is 32.3 Å². The first-order chi connectivity index (χ1) is 8.49. The Hall–Kier alpha value is -0.930. The zero-order valence-electron chi connectivity index (χ0n) is 12.4. The number of nitrogens with two attached hydrogens (primary N) is 1. The number of benzene rings is 1. The van der Waals surface area contributed by atoms with Crippen LogP contribution in [0.25, 0.3) is 0 Å². The average Bonchev–Trinajstić information content (AvgIpc) is 2.29. The SMILES string of the molecule is CCN(CC)c1ccc([C@H](N)CC(C)C)c(O)c1.Cl. The van der Waals surface area contributed by atoms with Gasteiger partial charge in [0, 0.05) is 36.4 Å². The van der Waals surface area contributed by atoms with Crippen LogP contribution in [0.3, 0.4) is 0 Å². The highest BCUT2D eigenvalue weighted by atomic mass is 35.5. The van der Waals surface area contributed by atoms with Crippen molar-refractivity contribution in [2.45, 2.75) is 40.2 Å². The van der Waals surface area contributed by atoms with Gasteiger partial charge in [-0.3, -0.25) is 0 Å². The van der Waals surface area contributed by atoms with E-state index in [0.29, 0.717) is 11.7 Å². The molecule has 0 unspecified atom stereocenters. The minimum atomic E-state index is -0.0873. The predicted octanol–water partition coefficient (Wildman–Crippen LogP) is 3.71. The first-order valence-corrected chi connectivity index (χ1v) is 6.83. The Morgan fingerprint density at radius 2 is 1.79 bits per heavy atom. The molecule has 0 aliphatic carbocycles. The molecule has 0 saturated heterocycles. The Labute approximate surface area is 123 Å². The minimum Gasteiger partial charge on any atom is -0.508 e. The third kappa shape index (κ3) is 4.92. The molecule has 3 nitrogen and oxygen atoms in total. The summed E-state index contributed by atoms with van der Waals surface area (Å²) >= 11 is 0. The molecule has 0 bridgehead atoms. The van der Waals surface area contributed by atoms with E-state index in [1.54, 1.807) is 0 Å². The van der Waals surface area contributed by atoms with E-state index in [4.69, 9.17) is 5.73 Å². The van der Waals surface area contributed by atoms with Crippen LogP contribution in [-0.4, -0.2) is 18.2 Å². The molecule has 3 N–H and O–H groups in total. The van der Waals surface area contributed by atoms with E-state index < -0.39 is 0 Å². The Morgan fingerprint density at radius 1 is 1.21 bits per heavy atom. The summed E-state index contributed by atoms with van der Waals surface area (Å²) in [6, 6.07) is 5.73. The number of nitrogens with zero attached hydrogens (tertiary/aromatic N) is 1. The van der Waals surface area contributed by atoms with Crippen molar-refractivity contribution >= 4 is 18.1 Å². The van der Waals surface area contributed by atoms with E-state index in [9.17, 15) is 5.11 Å². The Morgan fingerprint density at radius 3 is 2.21 bits per heavy atom. The van der Waals surface area contributed by atoms with E-state index in [-0.39, 0.29) is 18.4 Å². The first kappa shape index (κ1) is 18.1. The maximum absolute atomic E-state index is 10.1. The van der Waals surface area contributed by atoms with Crippen LogP contribution in [0.1, 0.15) is 45.7 Å². The quantitative estimate of drug-likeness (QED) is 0.838. The van der Waals surface area contributed by atoms with Gasteiger partial charge in [-0.1, -0.05) is 19.9 Å². The summed E-state index contributed by atoms with van der Waals surface area (Å²) in [7, 11) is 0. The molecular formula is C15H27ClN2O. The van der Waals surface area contributed by atoms with Crippen molar-refractivity contribution < 1.29 is 5.11 Å². The van der Waals surface area contributed by atoms with Gasteiger partial charge < -0.3 is 15.7 Å². The molecule has 1 rings (SSSR count). The lowest BCUT2D eigenvalue weighted by Crippen LogP contribution is -2.22. The second kappa shape index (κ2) is 8.28.